The highest BCUT2D eigenvalue weighted by Gasteiger charge is 2.32. The molecule has 5 N–H and O–H groups in total. The molecule has 224 valence electrons. The maximum absolute atomic E-state index is 13.6. The maximum Gasteiger partial charge on any atom is 0.329 e. The summed E-state index contributed by atoms with van der Waals surface area (Å²) in [5.74, 6) is -1.57. The minimum Gasteiger partial charge on any atom is -0.459 e. The lowest BCUT2D eigenvalue weighted by atomic mass is 9.96. The first kappa shape index (κ1) is 34.2. The third kappa shape index (κ3) is 11.8. The molecule has 0 saturated heterocycles. The van der Waals surface area contributed by atoms with Gasteiger partial charge in [-0.3, -0.25) is 14.4 Å². The van der Waals surface area contributed by atoms with Gasteiger partial charge < -0.3 is 26.4 Å². The average Bonchev–Trinajstić information content (AvgIpc) is 3.00. The van der Waals surface area contributed by atoms with Gasteiger partial charge in [0.05, 0.1) is 6.04 Å². The molecule has 2 rings (SSSR count). The van der Waals surface area contributed by atoms with Gasteiger partial charge in [-0.2, -0.15) is 24.4 Å². The summed E-state index contributed by atoms with van der Waals surface area (Å²) in [6.45, 7) is 3.83. The summed E-state index contributed by atoms with van der Waals surface area (Å²) in [7, 11) is 0. The SMILES string of the molecule is CCC(C)[C@H](NC(=O)[C@@H](N)CS)C(=O)N[C@@H](Cc1ccccc1)C(=O)N[C@@H](CCSC)C(=O)OCc1ccccc1. The lowest BCUT2D eigenvalue weighted by molar-refractivity contribution is -0.149. The molecule has 41 heavy (non-hydrogen) atoms. The Morgan fingerprint density at radius 2 is 1.46 bits per heavy atom. The number of thiol groups is 1. The zero-order valence-electron chi connectivity index (χ0n) is 23.9. The van der Waals surface area contributed by atoms with Gasteiger partial charge in [-0.15, -0.1) is 0 Å². The van der Waals surface area contributed by atoms with E-state index in [2.05, 4.69) is 28.6 Å². The minimum absolute atomic E-state index is 0.0835. The first-order valence-corrected chi connectivity index (χ1v) is 15.7. The second kappa shape index (κ2) is 18.4. The molecule has 0 saturated carbocycles. The summed E-state index contributed by atoms with van der Waals surface area (Å²) >= 11 is 5.62. The van der Waals surface area contributed by atoms with Gasteiger partial charge in [-0.25, -0.2) is 4.79 Å². The molecule has 3 amide bonds. The van der Waals surface area contributed by atoms with Crippen molar-refractivity contribution >= 4 is 48.1 Å². The van der Waals surface area contributed by atoms with Crippen LogP contribution in [0, 0.1) is 5.92 Å². The molecule has 0 aliphatic carbocycles. The van der Waals surface area contributed by atoms with Crippen LogP contribution in [-0.4, -0.2) is 65.6 Å². The second-order valence-corrected chi connectivity index (χ2v) is 11.2. The van der Waals surface area contributed by atoms with E-state index in [-0.39, 0.29) is 24.7 Å². The number of carbonyl (C=O) groups is 4. The maximum atomic E-state index is 13.6. The Morgan fingerprint density at radius 3 is 2.02 bits per heavy atom. The number of carbonyl (C=O) groups excluding carboxylic acids is 4. The molecule has 9 nitrogen and oxygen atoms in total. The van der Waals surface area contributed by atoms with E-state index < -0.39 is 47.9 Å². The number of rotatable bonds is 17. The third-order valence-electron chi connectivity index (χ3n) is 6.68. The van der Waals surface area contributed by atoms with Gasteiger partial charge in [-0.1, -0.05) is 80.9 Å². The fraction of sp³-hybridized carbons (Fsp3) is 0.467. The van der Waals surface area contributed by atoms with Gasteiger partial charge in [0.2, 0.25) is 17.7 Å². The number of hydrogen-bond acceptors (Lipinski definition) is 8. The van der Waals surface area contributed by atoms with Crippen LogP contribution in [-0.2, 0) is 36.9 Å². The van der Waals surface area contributed by atoms with Crippen LogP contribution in [0.1, 0.15) is 37.8 Å². The largest absolute Gasteiger partial charge is 0.459 e. The van der Waals surface area contributed by atoms with E-state index in [9.17, 15) is 19.2 Å². The van der Waals surface area contributed by atoms with Crippen molar-refractivity contribution in [2.24, 2.45) is 11.7 Å². The molecule has 2 aromatic rings. The Kier molecular flexibility index (Phi) is 15.4. The van der Waals surface area contributed by atoms with Crippen molar-refractivity contribution in [3.63, 3.8) is 0 Å². The van der Waals surface area contributed by atoms with Gasteiger partial charge in [0.15, 0.2) is 0 Å². The quantitative estimate of drug-likeness (QED) is 0.138. The van der Waals surface area contributed by atoms with Gasteiger partial charge >= 0.3 is 5.97 Å². The molecule has 1 unspecified atom stereocenters. The van der Waals surface area contributed by atoms with Crippen molar-refractivity contribution < 1.29 is 23.9 Å². The van der Waals surface area contributed by atoms with Crippen LogP contribution >= 0.6 is 24.4 Å². The molecule has 0 radical (unpaired) electrons. The van der Waals surface area contributed by atoms with Gasteiger partial charge in [0, 0.05) is 12.2 Å². The van der Waals surface area contributed by atoms with Crippen molar-refractivity contribution in [2.45, 2.75) is 63.9 Å². The van der Waals surface area contributed by atoms with E-state index in [0.29, 0.717) is 18.6 Å². The molecular weight excluding hydrogens is 560 g/mol. The number of ether oxygens (including phenoxy) is 1. The van der Waals surface area contributed by atoms with E-state index in [1.807, 2.05) is 80.8 Å². The van der Waals surface area contributed by atoms with E-state index in [4.69, 9.17) is 10.5 Å². The summed E-state index contributed by atoms with van der Waals surface area (Å²) in [5, 5.41) is 8.34. The minimum atomic E-state index is -1.01. The normalized spacial score (nSPS) is 14.6. The Bertz CT molecular complexity index is 1110. The molecule has 0 spiro atoms. The topological polar surface area (TPSA) is 140 Å². The number of nitrogens with one attached hydrogen (secondary N) is 3. The predicted molar refractivity (Wildman–Crippen MR) is 166 cm³/mol. The van der Waals surface area contributed by atoms with Gasteiger partial charge in [0.25, 0.3) is 0 Å². The van der Waals surface area contributed by atoms with Crippen molar-refractivity contribution in [2.75, 3.05) is 17.8 Å². The number of thioether (sulfide) groups is 1. The molecule has 0 bridgehead atoms. The predicted octanol–water partition coefficient (Wildman–Crippen LogP) is 2.48. The summed E-state index contributed by atoms with van der Waals surface area (Å²) in [6, 6.07) is 14.8. The summed E-state index contributed by atoms with van der Waals surface area (Å²) in [5.41, 5.74) is 7.47. The van der Waals surface area contributed by atoms with Crippen LogP contribution in [0.3, 0.4) is 0 Å². The molecular formula is C30H42N4O5S2. The summed E-state index contributed by atoms with van der Waals surface area (Å²) in [6.07, 6.45) is 3.06. The van der Waals surface area contributed by atoms with Crippen LogP contribution in [0.4, 0.5) is 0 Å². The van der Waals surface area contributed by atoms with E-state index in [1.54, 1.807) is 11.8 Å². The van der Waals surface area contributed by atoms with Crippen molar-refractivity contribution in [3.05, 3.63) is 71.8 Å². The van der Waals surface area contributed by atoms with Crippen molar-refractivity contribution in [1.82, 2.24) is 16.0 Å². The Hall–Kier alpha value is -3.02. The highest BCUT2D eigenvalue weighted by atomic mass is 32.2. The summed E-state index contributed by atoms with van der Waals surface area (Å²) in [4.78, 5) is 52.6. The lowest BCUT2D eigenvalue weighted by Crippen LogP contribution is -2.59. The number of esters is 1. The Labute approximate surface area is 252 Å². The number of nitrogens with two attached hydrogens (primary N) is 1. The van der Waals surface area contributed by atoms with E-state index in [1.165, 1.54) is 0 Å². The first-order valence-electron chi connectivity index (χ1n) is 13.7. The monoisotopic (exact) mass is 602 g/mol. The molecule has 2 aromatic carbocycles. The van der Waals surface area contributed by atoms with E-state index in [0.717, 1.165) is 11.1 Å². The van der Waals surface area contributed by atoms with Crippen LogP contribution in [0.15, 0.2) is 60.7 Å². The Balaban J connectivity index is 2.23. The molecule has 0 aliphatic rings. The third-order valence-corrected chi connectivity index (χ3v) is 7.72. The lowest BCUT2D eigenvalue weighted by Gasteiger charge is -2.28. The zero-order chi connectivity index (χ0) is 30.2. The fourth-order valence-electron chi connectivity index (χ4n) is 3.95. The highest BCUT2D eigenvalue weighted by molar-refractivity contribution is 7.98. The number of amides is 3. The Morgan fingerprint density at radius 1 is 0.878 bits per heavy atom. The molecule has 0 aliphatic heterocycles. The molecule has 0 fully saturated rings. The van der Waals surface area contributed by atoms with Crippen molar-refractivity contribution in [1.29, 1.82) is 0 Å². The fourth-order valence-corrected chi connectivity index (χ4v) is 4.59. The van der Waals surface area contributed by atoms with Gasteiger partial charge in [-0.05, 0) is 35.5 Å². The number of hydrogen-bond donors (Lipinski definition) is 5. The number of benzene rings is 2. The average molecular weight is 603 g/mol. The van der Waals surface area contributed by atoms with Crippen LogP contribution < -0.4 is 21.7 Å². The standard InChI is InChI=1S/C30H42N4O5S2/c1-4-20(2)26(34-27(35)23(31)19-40)29(37)33-25(17-21-11-7-5-8-12-21)28(36)32-24(15-16-41-3)30(38)39-18-22-13-9-6-10-14-22/h5-14,20,23-26,40H,4,15-19,31H2,1-3H3,(H,32,36)(H,33,37)(H,34,35)/t20?,23-,24-,25-,26-/m0/s1. The van der Waals surface area contributed by atoms with Crippen LogP contribution in [0.25, 0.3) is 0 Å². The van der Waals surface area contributed by atoms with Gasteiger partial charge in [0.1, 0.15) is 24.7 Å². The zero-order valence-corrected chi connectivity index (χ0v) is 25.6. The summed E-state index contributed by atoms with van der Waals surface area (Å²) < 4.78 is 5.51. The van der Waals surface area contributed by atoms with Crippen LogP contribution in [0.2, 0.25) is 0 Å². The molecule has 11 heteroatoms. The highest BCUT2D eigenvalue weighted by Crippen LogP contribution is 2.12. The second-order valence-electron chi connectivity index (χ2n) is 9.85. The molecule has 0 heterocycles. The molecule has 5 atom stereocenters. The first-order chi connectivity index (χ1) is 19.7. The van der Waals surface area contributed by atoms with E-state index >= 15 is 0 Å². The van der Waals surface area contributed by atoms with Crippen molar-refractivity contribution in [3.8, 4) is 0 Å². The smallest absolute Gasteiger partial charge is 0.329 e. The van der Waals surface area contributed by atoms with Crippen LogP contribution in [0.5, 0.6) is 0 Å². The molecule has 0 aromatic heterocycles.